The molecule has 0 aliphatic rings. The number of aromatic nitrogens is 1. The fourth-order valence-corrected chi connectivity index (χ4v) is 1.74. The summed E-state index contributed by atoms with van der Waals surface area (Å²) in [5.74, 6) is -0.335. The van der Waals surface area contributed by atoms with Crippen molar-refractivity contribution < 1.29 is 4.79 Å². The van der Waals surface area contributed by atoms with Crippen molar-refractivity contribution in [1.29, 1.82) is 0 Å². The highest BCUT2D eigenvalue weighted by Gasteiger charge is 2.10. The lowest BCUT2D eigenvalue weighted by molar-refractivity contribution is 0.0998. The van der Waals surface area contributed by atoms with Gasteiger partial charge in [-0.2, -0.15) is 4.99 Å². The minimum atomic E-state index is -0.416. The molecule has 6 N–H and O–H groups in total. The molecule has 0 fully saturated rings. The van der Waals surface area contributed by atoms with Gasteiger partial charge in [0.2, 0.25) is 0 Å². The van der Waals surface area contributed by atoms with Crippen LogP contribution >= 0.6 is 12.4 Å². The van der Waals surface area contributed by atoms with Crippen molar-refractivity contribution in [3.05, 3.63) is 35.5 Å². The maximum Gasteiger partial charge on any atom is 0.296 e. The summed E-state index contributed by atoms with van der Waals surface area (Å²) >= 11 is 0. The first kappa shape index (κ1) is 15.0. The van der Waals surface area contributed by atoms with E-state index < -0.39 is 5.91 Å². The van der Waals surface area contributed by atoms with Crippen molar-refractivity contribution in [2.45, 2.75) is 6.54 Å². The third-order valence-electron chi connectivity index (χ3n) is 2.68. The van der Waals surface area contributed by atoms with Crippen molar-refractivity contribution in [3.8, 4) is 0 Å². The normalized spacial score (nSPS) is 11.2. The number of guanidine groups is 1. The predicted molar refractivity (Wildman–Crippen MR) is 78.5 cm³/mol. The summed E-state index contributed by atoms with van der Waals surface area (Å²) in [6.45, 7) is 0.421. The highest BCUT2D eigenvalue weighted by Crippen LogP contribution is 2.20. The second kappa shape index (κ2) is 6.21. The zero-order valence-electron chi connectivity index (χ0n) is 10.4. The van der Waals surface area contributed by atoms with Crippen LogP contribution in [0.1, 0.15) is 16.1 Å². The predicted octanol–water partition coefficient (Wildman–Crippen LogP) is 0.723. The molecule has 102 valence electrons. The molecular weight excluding hydrogens is 266 g/mol. The summed E-state index contributed by atoms with van der Waals surface area (Å²) in [6.07, 6.45) is 0. The van der Waals surface area contributed by atoms with Gasteiger partial charge >= 0.3 is 0 Å². The number of nitrogens with one attached hydrogen (secondary N) is 2. The molecule has 1 heterocycles. The molecule has 0 bridgehead atoms. The Kier molecular flexibility index (Phi) is 4.91. The average Bonchev–Trinajstić information content (AvgIpc) is 2.82. The average molecular weight is 282 g/mol. The van der Waals surface area contributed by atoms with Gasteiger partial charge < -0.3 is 21.8 Å². The molecule has 6 nitrogen and oxygen atoms in total. The number of aliphatic imine (C=N–C) groups is 1. The fourth-order valence-electron chi connectivity index (χ4n) is 1.74. The quantitative estimate of drug-likeness (QED) is 0.480. The maximum atomic E-state index is 11.8. The van der Waals surface area contributed by atoms with E-state index in [-0.39, 0.29) is 18.4 Å². The molecule has 0 saturated carbocycles. The lowest BCUT2D eigenvalue weighted by atomic mass is 10.1. The second-order valence-electron chi connectivity index (χ2n) is 3.82. The summed E-state index contributed by atoms with van der Waals surface area (Å²) in [4.78, 5) is 18.5. The zero-order valence-corrected chi connectivity index (χ0v) is 11.3. The summed E-state index contributed by atoms with van der Waals surface area (Å²) in [6, 6.07) is 7.44. The fraction of sp³-hybridized carbons (Fsp3) is 0.167. The Balaban J connectivity index is 0.00000180. The van der Waals surface area contributed by atoms with Crippen LogP contribution in [0.25, 0.3) is 10.9 Å². The van der Waals surface area contributed by atoms with Gasteiger partial charge in [-0.1, -0.05) is 12.1 Å². The van der Waals surface area contributed by atoms with Gasteiger partial charge in [-0.3, -0.25) is 4.79 Å². The summed E-state index contributed by atoms with van der Waals surface area (Å²) in [7, 11) is 1.60. The third-order valence-corrected chi connectivity index (χ3v) is 2.68. The molecule has 0 atom stereocenters. The summed E-state index contributed by atoms with van der Waals surface area (Å²) in [5.41, 5.74) is 13.3. The number of hydrogen-bond donors (Lipinski definition) is 4. The summed E-state index contributed by atoms with van der Waals surface area (Å²) in [5, 5.41) is 3.53. The highest BCUT2D eigenvalue weighted by molar-refractivity contribution is 6.04. The van der Waals surface area contributed by atoms with Gasteiger partial charge in [0.1, 0.15) is 5.69 Å². The molecule has 2 rings (SSSR count). The van der Waals surface area contributed by atoms with Crippen LogP contribution in [0.2, 0.25) is 0 Å². The van der Waals surface area contributed by atoms with E-state index in [0.717, 1.165) is 16.5 Å². The largest absolute Gasteiger partial charge is 0.370 e. The molecule has 0 unspecified atom stereocenters. The zero-order chi connectivity index (χ0) is 13.1. The smallest absolute Gasteiger partial charge is 0.296 e. The number of carbonyl (C=O) groups is 1. The highest BCUT2D eigenvalue weighted by atomic mass is 35.5. The Hall–Kier alpha value is -2.05. The Bertz CT molecular complexity index is 620. The topological polar surface area (TPSA) is 109 Å². The SMILES string of the molecule is CNC(N)=NC(=O)c1cc2c(CN)cccc2[nH]1.Cl. The lowest BCUT2D eigenvalue weighted by Gasteiger charge is -1.96. The third kappa shape index (κ3) is 3.04. The molecule has 1 aromatic heterocycles. The minimum absolute atomic E-state index is 0. The van der Waals surface area contributed by atoms with Crippen molar-refractivity contribution in [3.63, 3.8) is 0 Å². The van der Waals surface area contributed by atoms with E-state index in [1.54, 1.807) is 13.1 Å². The molecule has 1 amide bonds. The van der Waals surface area contributed by atoms with Gasteiger partial charge in [0, 0.05) is 24.5 Å². The van der Waals surface area contributed by atoms with Crippen LogP contribution in [0.4, 0.5) is 0 Å². The van der Waals surface area contributed by atoms with Crippen LogP contribution in [0.5, 0.6) is 0 Å². The first-order valence-corrected chi connectivity index (χ1v) is 5.52. The first-order chi connectivity index (χ1) is 8.65. The molecule has 7 heteroatoms. The number of rotatable bonds is 2. The van der Waals surface area contributed by atoms with Crippen molar-refractivity contribution in [1.82, 2.24) is 10.3 Å². The number of carbonyl (C=O) groups excluding carboxylic acids is 1. The van der Waals surface area contributed by atoms with E-state index in [1.807, 2.05) is 18.2 Å². The molecule has 0 radical (unpaired) electrons. The number of aromatic amines is 1. The van der Waals surface area contributed by atoms with Gasteiger partial charge in [-0.05, 0) is 17.7 Å². The Labute approximate surface area is 116 Å². The van der Waals surface area contributed by atoms with Crippen LogP contribution in [-0.2, 0) is 6.54 Å². The van der Waals surface area contributed by atoms with Crippen LogP contribution in [0.3, 0.4) is 0 Å². The molecule has 0 saturated heterocycles. The molecular formula is C12H16ClN5O. The monoisotopic (exact) mass is 281 g/mol. The van der Waals surface area contributed by atoms with E-state index in [4.69, 9.17) is 11.5 Å². The Morgan fingerprint density at radius 3 is 2.84 bits per heavy atom. The van der Waals surface area contributed by atoms with Gasteiger partial charge in [-0.25, -0.2) is 0 Å². The Morgan fingerprint density at radius 1 is 1.47 bits per heavy atom. The van der Waals surface area contributed by atoms with Gasteiger partial charge in [0.05, 0.1) is 0 Å². The number of H-pyrrole nitrogens is 1. The van der Waals surface area contributed by atoms with E-state index >= 15 is 0 Å². The maximum absolute atomic E-state index is 11.8. The van der Waals surface area contributed by atoms with E-state index in [2.05, 4.69) is 15.3 Å². The minimum Gasteiger partial charge on any atom is -0.370 e. The van der Waals surface area contributed by atoms with Crippen molar-refractivity contribution in [2.24, 2.45) is 16.5 Å². The van der Waals surface area contributed by atoms with E-state index in [9.17, 15) is 4.79 Å². The molecule has 19 heavy (non-hydrogen) atoms. The van der Waals surface area contributed by atoms with Crippen LogP contribution in [-0.4, -0.2) is 23.9 Å². The van der Waals surface area contributed by atoms with Crippen LogP contribution in [0.15, 0.2) is 29.3 Å². The van der Waals surface area contributed by atoms with Crippen molar-refractivity contribution in [2.75, 3.05) is 7.05 Å². The second-order valence-corrected chi connectivity index (χ2v) is 3.82. The summed E-state index contributed by atoms with van der Waals surface area (Å²) < 4.78 is 0. The molecule has 0 spiro atoms. The van der Waals surface area contributed by atoms with Crippen LogP contribution in [0, 0.1) is 0 Å². The number of benzene rings is 1. The number of nitrogens with two attached hydrogens (primary N) is 2. The number of nitrogens with zero attached hydrogens (tertiary/aromatic N) is 1. The molecule has 0 aliphatic carbocycles. The van der Waals surface area contributed by atoms with Crippen molar-refractivity contribution >= 4 is 35.2 Å². The van der Waals surface area contributed by atoms with Gasteiger partial charge in [0.15, 0.2) is 5.96 Å². The van der Waals surface area contributed by atoms with Crippen LogP contribution < -0.4 is 16.8 Å². The lowest BCUT2D eigenvalue weighted by Crippen LogP contribution is -2.28. The van der Waals surface area contributed by atoms with E-state index in [0.29, 0.717) is 12.2 Å². The first-order valence-electron chi connectivity index (χ1n) is 5.52. The number of halogens is 1. The molecule has 0 aliphatic heterocycles. The van der Waals surface area contributed by atoms with E-state index in [1.165, 1.54) is 0 Å². The van der Waals surface area contributed by atoms with Gasteiger partial charge in [-0.15, -0.1) is 12.4 Å². The standard InChI is InChI=1S/C12H15N5O.ClH/c1-15-12(14)17-11(18)10-5-8-7(6-13)3-2-4-9(8)16-10;/h2-5,16H,6,13H2,1H3,(H3,14,15,17,18);1H. The van der Waals surface area contributed by atoms with Gasteiger partial charge in [0.25, 0.3) is 5.91 Å². The molecule has 2 aromatic rings. The number of amides is 1. The number of hydrogen-bond acceptors (Lipinski definition) is 2. The number of fused-ring (bicyclic) bond motifs is 1. The Morgan fingerprint density at radius 2 is 2.21 bits per heavy atom. The molecule has 1 aromatic carbocycles.